The van der Waals surface area contributed by atoms with Gasteiger partial charge in [-0.05, 0) is 48.2 Å². The highest BCUT2D eigenvalue weighted by atomic mass is 16.7. The van der Waals surface area contributed by atoms with Crippen LogP contribution in [-0.4, -0.2) is 74.5 Å². The molecule has 4 aliphatic rings. The zero-order valence-electron chi connectivity index (χ0n) is 20.8. The van der Waals surface area contributed by atoms with Gasteiger partial charge in [0.05, 0.1) is 18.8 Å². The van der Waals surface area contributed by atoms with Gasteiger partial charge in [-0.15, -0.1) is 0 Å². The van der Waals surface area contributed by atoms with Crippen LogP contribution in [-0.2, 0) is 16.7 Å². The number of morpholine rings is 1. The van der Waals surface area contributed by atoms with E-state index in [4.69, 9.17) is 14.2 Å². The standard InChI is InChI=1S/C28H35N3O4/c1-28(2)18-31(27(32)23-4-3-5-25-26(23)35-19-34-25)17-20-16-22(6-7-24(20)28)29-10-8-21(9-11-29)30-12-14-33-15-13-30/h3-7,16,21H,8-15,17-19H2,1-2H3. The number of ether oxygens (including phenoxy) is 3. The van der Waals surface area contributed by atoms with Crippen molar-refractivity contribution in [1.82, 2.24) is 9.80 Å². The van der Waals surface area contributed by atoms with Gasteiger partial charge < -0.3 is 24.0 Å². The molecule has 0 N–H and O–H groups in total. The number of fused-ring (bicyclic) bond motifs is 2. The van der Waals surface area contributed by atoms with Crippen molar-refractivity contribution in [2.45, 2.75) is 44.7 Å². The maximum atomic E-state index is 13.6. The molecule has 2 aromatic rings. The number of amides is 1. The maximum Gasteiger partial charge on any atom is 0.258 e. The van der Waals surface area contributed by atoms with Crippen molar-refractivity contribution in [2.24, 2.45) is 0 Å². The highest BCUT2D eigenvalue weighted by Crippen LogP contribution is 2.40. The van der Waals surface area contributed by atoms with Gasteiger partial charge in [-0.25, -0.2) is 0 Å². The van der Waals surface area contributed by atoms with E-state index in [0.29, 0.717) is 36.2 Å². The minimum atomic E-state index is -0.125. The SMILES string of the molecule is CC1(C)CN(C(=O)c2cccc3c2OCO3)Cc2cc(N3CCC(N4CCOCC4)CC3)ccc21. The Hall–Kier alpha value is -2.77. The van der Waals surface area contributed by atoms with Crippen molar-refractivity contribution in [3.63, 3.8) is 0 Å². The molecule has 186 valence electrons. The maximum absolute atomic E-state index is 13.6. The Morgan fingerprint density at radius 3 is 2.60 bits per heavy atom. The van der Waals surface area contributed by atoms with Gasteiger partial charge >= 0.3 is 0 Å². The lowest BCUT2D eigenvalue weighted by Crippen LogP contribution is -2.49. The minimum absolute atomic E-state index is 0.00260. The molecule has 0 radical (unpaired) electrons. The smallest absolute Gasteiger partial charge is 0.258 e. The Bertz CT molecular complexity index is 1100. The van der Waals surface area contributed by atoms with E-state index in [1.165, 1.54) is 29.7 Å². The molecule has 0 atom stereocenters. The summed E-state index contributed by atoms with van der Waals surface area (Å²) in [5.41, 5.74) is 4.31. The van der Waals surface area contributed by atoms with E-state index in [1.807, 2.05) is 23.1 Å². The molecule has 35 heavy (non-hydrogen) atoms. The number of benzene rings is 2. The van der Waals surface area contributed by atoms with Gasteiger partial charge in [0.2, 0.25) is 6.79 Å². The number of para-hydroxylation sites is 1. The molecule has 0 bridgehead atoms. The predicted octanol–water partition coefficient (Wildman–Crippen LogP) is 3.65. The number of hydrogen-bond acceptors (Lipinski definition) is 6. The van der Waals surface area contributed by atoms with Crippen LogP contribution in [0.5, 0.6) is 11.5 Å². The fourth-order valence-corrected chi connectivity index (χ4v) is 6.24. The van der Waals surface area contributed by atoms with Crippen LogP contribution in [0, 0.1) is 0 Å². The summed E-state index contributed by atoms with van der Waals surface area (Å²) < 4.78 is 16.7. The third kappa shape index (κ3) is 4.25. The van der Waals surface area contributed by atoms with Crippen LogP contribution in [0.4, 0.5) is 5.69 Å². The molecule has 4 aliphatic heterocycles. The Balaban J connectivity index is 1.20. The average molecular weight is 478 g/mol. The number of rotatable bonds is 3. The van der Waals surface area contributed by atoms with E-state index in [-0.39, 0.29) is 18.1 Å². The van der Waals surface area contributed by atoms with E-state index in [9.17, 15) is 4.79 Å². The molecule has 2 aromatic carbocycles. The summed E-state index contributed by atoms with van der Waals surface area (Å²) in [6.45, 7) is 11.9. The molecule has 0 aromatic heterocycles. The van der Waals surface area contributed by atoms with E-state index in [1.54, 1.807) is 0 Å². The first-order chi connectivity index (χ1) is 17.0. The summed E-state index contributed by atoms with van der Waals surface area (Å²) in [6.07, 6.45) is 2.38. The van der Waals surface area contributed by atoms with Crippen molar-refractivity contribution in [3.05, 3.63) is 53.1 Å². The molecular weight excluding hydrogens is 442 g/mol. The van der Waals surface area contributed by atoms with Crippen LogP contribution in [0.1, 0.15) is 48.2 Å². The van der Waals surface area contributed by atoms with Gasteiger partial charge in [-0.2, -0.15) is 0 Å². The summed E-state index contributed by atoms with van der Waals surface area (Å²) >= 11 is 0. The molecule has 0 unspecified atom stereocenters. The van der Waals surface area contributed by atoms with Crippen molar-refractivity contribution in [1.29, 1.82) is 0 Å². The van der Waals surface area contributed by atoms with E-state index < -0.39 is 0 Å². The second-order valence-electron chi connectivity index (χ2n) is 10.8. The number of piperidine rings is 1. The molecular formula is C28H35N3O4. The zero-order valence-corrected chi connectivity index (χ0v) is 20.8. The van der Waals surface area contributed by atoms with Gasteiger partial charge in [0.15, 0.2) is 11.5 Å². The van der Waals surface area contributed by atoms with Crippen LogP contribution in [0.3, 0.4) is 0 Å². The normalized spacial score (nSPS) is 22.2. The number of nitrogens with zero attached hydrogens (tertiary/aromatic N) is 3. The molecule has 7 heteroatoms. The summed E-state index contributed by atoms with van der Waals surface area (Å²) in [6, 6.07) is 13.1. The molecule has 2 fully saturated rings. The zero-order chi connectivity index (χ0) is 24.0. The summed E-state index contributed by atoms with van der Waals surface area (Å²) in [5, 5.41) is 0. The Labute approximate surface area is 207 Å². The number of anilines is 1. The highest BCUT2D eigenvalue weighted by molar-refractivity contribution is 5.98. The molecule has 0 aliphatic carbocycles. The van der Waals surface area contributed by atoms with Crippen molar-refractivity contribution < 1.29 is 19.0 Å². The van der Waals surface area contributed by atoms with Crippen molar-refractivity contribution in [2.75, 3.05) is 57.6 Å². The van der Waals surface area contributed by atoms with Crippen LogP contribution in [0.25, 0.3) is 0 Å². The lowest BCUT2D eigenvalue weighted by atomic mass is 9.78. The van der Waals surface area contributed by atoms with Gasteiger partial charge in [-0.1, -0.05) is 26.0 Å². The Morgan fingerprint density at radius 2 is 1.80 bits per heavy atom. The third-order valence-corrected chi connectivity index (χ3v) is 8.07. The number of hydrogen-bond donors (Lipinski definition) is 0. The molecule has 0 saturated carbocycles. The second-order valence-corrected chi connectivity index (χ2v) is 10.8. The predicted molar refractivity (Wildman–Crippen MR) is 134 cm³/mol. The first-order valence-electron chi connectivity index (χ1n) is 12.9. The minimum Gasteiger partial charge on any atom is -0.454 e. The molecule has 2 saturated heterocycles. The molecule has 0 spiro atoms. The fourth-order valence-electron chi connectivity index (χ4n) is 6.24. The quantitative estimate of drug-likeness (QED) is 0.673. The first-order valence-corrected chi connectivity index (χ1v) is 12.9. The van der Waals surface area contributed by atoms with Crippen LogP contribution >= 0.6 is 0 Å². The number of carbonyl (C=O) groups excluding carboxylic acids is 1. The molecule has 4 heterocycles. The van der Waals surface area contributed by atoms with Gasteiger partial charge in [0.1, 0.15) is 0 Å². The van der Waals surface area contributed by atoms with Gasteiger partial charge in [0.25, 0.3) is 5.91 Å². The largest absolute Gasteiger partial charge is 0.454 e. The van der Waals surface area contributed by atoms with Crippen molar-refractivity contribution in [3.8, 4) is 11.5 Å². The summed E-state index contributed by atoms with van der Waals surface area (Å²) in [4.78, 5) is 20.7. The van der Waals surface area contributed by atoms with E-state index >= 15 is 0 Å². The summed E-state index contributed by atoms with van der Waals surface area (Å²) in [5.74, 6) is 1.22. The first kappa shape index (κ1) is 22.7. The van der Waals surface area contributed by atoms with Crippen LogP contribution < -0.4 is 14.4 Å². The van der Waals surface area contributed by atoms with Crippen LogP contribution in [0.2, 0.25) is 0 Å². The van der Waals surface area contributed by atoms with Gasteiger partial charge in [0, 0.05) is 56.4 Å². The Morgan fingerprint density at radius 1 is 1.00 bits per heavy atom. The number of carbonyl (C=O) groups is 1. The van der Waals surface area contributed by atoms with E-state index in [0.717, 1.165) is 39.4 Å². The highest BCUT2D eigenvalue weighted by Gasteiger charge is 2.36. The lowest BCUT2D eigenvalue weighted by molar-refractivity contribution is 0.0115. The second kappa shape index (κ2) is 9.03. The monoisotopic (exact) mass is 477 g/mol. The third-order valence-electron chi connectivity index (χ3n) is 8.07. The Kier molecular flexibility index (Phi) is 5.85. The van der Waals surface area contributed by atoms with Crippen molar-refractivity contribution >= 4 is 11.6 Å². The lowest BCUT2D eigenvalue weighted by Gasteiger charge is -2.42. The van der Waals surface area contributed by atoms with E-state index in [2.05, 4.69) is 41.8 Å². The molecule has 6 rings (SSSR count). The fraction of sp³-hybridized carbons (Fsp3) is 0.536. The molecule has 1 amide bonds. The average Bonchev–Trinajstić information content (AvgIpc) is 3.37. The van der Waals surface area contributed by atoms with Gasteiger partial charge in [-0.3, -0.25) is 9.69 Å². The topological polar surface area (TPSA) is 54.5 Å². The summed E-state index contributed by atoms with van der Waals surface area (Å²) in [7, 11) is 0. The molecule has 7 nitrogen and oxygen atoms in total. The van der Waals surface area contributed by atoms with Crippen LogP contribution in [0.15, 0.2) is 36.4 Å².